The molecule has 0 spiro atoms. The first-order chi connectivity index (χ1) is 17.0. The van der Waals surface area contributed by atoms with Gasteiger partial charge in [-0.05, 0) is 73.6 Å². The lowest BCUT2D eigenvalue weighted by atomic mass is 9.56. The second-order valence-corrected chi connectivity index (χ2v) is 10.1. The summed E-state index contributed by atoms with van der Waals surface area (Å²) in [4.78, 5) is 8.03. The minimum atomic E-state index is -0.827. The number of benzene rings is 2. The molecular formula is C29H29FN4O. The zero-order chi connectivity index (χ0) is 24.0. The Bertz CT molecular complexity index is 1390. The van der Waals surface area contributed by atoms with Gasteiger partial charge in [-0.3, -0.25) is 0 Å². The summed E-state index contributed by atoms with van der Waals surface area (Å²) in [6, 6.07) is 16.6. The second-order valence-electron chi connectivity index (χ2n) is 10.1. The number of nitrogens with one attached hydrogen (secondary N) is 1. The fraction of sp³-hybridized carbons (Fsp3) is 0.310. The van der Waals surface area contributed by atoms with E-state index in [-0.39, 0.29) is 11.2 Å². The number of rotatable bonds is 5. The molecule has 2 aliphatic rings. The summed E-state index contributed by atoms with van der Waals surface area (Å²) in [5.41, 5.74) is 5.18. The number of aliphatic hydroxyl groups is 1. The fourth-order valence-corrected chi connectivity index (χ4v) is 5.93. The topological polar surface area (TPSA) is 66.7 Å². The third kappa shape index (κ3) is 3.73. The number of hydrogen-bond donors (Lipinski definition) is 2. The van der Waals surface area contributed by atoms with Crippen LogP contribution in [-0.4, -0.2) is 30.5 Å². The van der Waals surface area contributed by atoms with Crippen LogP contribution in [0, 0.1) is 11.2 Å². The standard InChI is InChI=1S/C29H29FN4O/c1-28-17-21-18-32-34(24-11-9-23(30)10-12-24)26(21)16-22(28)8-5-14-29(28,35)15-13-27-31-19-25(33-27)20-6-3-2-4-7-20/h2-4,6-7,9-12,16,18-19,35H,5,8,13-15,17H2,1H3,(H,31,33)/t28-,29+/m0/s1. The third-order valence-electron chi connectivity index (χ3n) is 8.07. The summed E-state index contributed by atoms with van der Waals surface area (Å²) in [6.07, 6.45) is 10.7. The molecule has 2 heterocycles. The van der Waals surface area contributed by atoms with Gasteiger partial charge in [-0.15, -0.1) is 0 Å². The van der Waals surface area contributed by atoms with E-state index in [4.69, 9.17) is 0 Å². The van der Waals surface area contributed by atoms with E-state index < -0.39 is 5.60 Å². The van der Waals surface area contributed by atoms with Crippen molar-refractivity contribution in [2.24, 2.45) is 5.41 Å². The van der Waals surface area contributed by atoms with Gasteiger partial charge in [0, 0.05) is 11.8 Å². The first kappa shape index (κ1) is 22.0. The number of aromatic amines is 1. The molecule has 4 aromatic rings. The zero-order valence-corrected chi connectivity index (χ0v) is 19.8. The van der Waals surface area contributed by atoms with Gasteiger partial charge in [0.1, 0.15) is 11.6 Å². The molecule has 0 radical (unpaired) electrons. The van der Waals surface area contributed by atoms with E-state index in [0.717, 1.165) is 59.7 Å². The first-order valence-electron chi connectivity index (χ1n) is 12.3. The van der Waals surface area contributed by atoms with Crippen molar-refractivity contribution in [1.29, 1.82) is 0 Å². The number of halogens is 1. The Morgan fingerprint density at radius 1 is 1.09 bits per heavy atom. The van der Waals surface area contributed by atoms with Gasteiger partial charge in [-0.2, -0.15) is 5.10 Å². The van der Waals surface area contributed by atoms with Gasteiger partial charge in [0.2, 0.25) is 0 Å². The molecule has 0 saturated heterocycles. The Balaban J connectivity index is 1.26. The molecular weight excluding hydrogens is 439 g/mol. The van der Waals surface area contributed by atoms with E-state index in [1.54, 1.807) is 12.1 Å². The van der Waals surface area contributed by atoms with Gasteiger partial charge in [0.25, 0.3) is 0 Å². The molecule has 0 amide bonds. The third-order valence-corrected chi connectivity index (χ3v) is 8.07. The maximum Gasteiger partial charge on any atom is 0.123 e. The lowest BCUT2D eigenvalue weighted by Gasteiger charge is -2.52. The molecule has 0 unspecified atom stereocenters. The molecule has 6 rings (SSSR count). The quantitative estimate of drug-likeness (QED) is 0.384. The molecule has 35 heavy (non-hydrogen) atoms. The predicted octanol–water partition coefficient (Wildman–Crippen LogP) is 5.90. The Hall–Kier alpha value is -3.51. The van der Waals surface area contributed by atoms with Crippen LogP contribution in [0.5, 0.6) is 0 Å². The van der Waals surface area contributed by atoms with Gasteiger partial charge in [-0.1, -0.05) is 42.8 Å². The highest BCUT2D eigenvalue weighted by Crippen LogP contribution is 2.54. The lowest BCUT2D eigenvalue weighted by molar-refractivity contribution is -0.0846. The van der Waals surface area contributed by atoms with Gasteiger partial charge < -0.3 is 10.1 Å². The van der Waals surface area contributed by atoms with Crippen LogP contribution in [0.2, 0.25) is 0 Å². The molecule has 1 fully saturated rings. The first-order valence-corrected chi connectivity index (χ1v) is 12.3. The monoisotopic (exact) mass is 468 g/mol. The van der Waals surface area contributed by atoms with Crippen LogP contribution in [0.3, 0.4) is 0 Å². The Labute approximate surface area is 204 Å². The molecule has 0 bridgehead atoms. The number of imidazole rings is 1. The fourth-order valence-electron chi connectivity index (χ4n) is 5.93. The van der Waals surface area contributed by atoms with Crippen LogP contribution >= 0.6 is 0 Å². The average Bonchev–Trinajstić information content (AvgIpc) is 3.51. The summed E-state index contributed by atoms with van der Waals surface area (Å²) in [6.45, 7) is 2.20. The summed E-state index contributed by atoms with van der Waals surface area (Å²) in [5, 5.41) is 16.7. The Kier molecular flexibility index (Phi) is 5.22. The average molecular weight is 469 g/mol. The largest absolute Gasteiger partial charge is 0.389 e. The molecule has 178 valence electrons. The summed E-state index contributed by atoms with van der Waals surface area (Å²) < 4.78 is 15.3. The molecule has 6 heteroatoms. The van der Waals surface area contributed by atoms with Crippen molar-refractivity contribution in [3.8, 4) is 16.9 Å². The van der Waals surface area contributed by atoms with E-state index in [9.17, 15) is 9.50 Å². The van der Waals surface area contributed by atoms with Crippen molar-refractivity contribution in [3.05, 3.63) is 95.5 Å². The van der Waals surface area contributed by atoms with Gasteiger partial charge in [0.15, 0.2) is 0 Å². The summed E-state index contributed by atoms with van der Waals surface area (Å²) >= 11 is 0. The van der Waals surface area contributed by atoms with Crippen molar-refractivity contribution >= 4 is 6.08 Å². The van der Waals surface area contributed by atoms with Gasteiger partial charge in [0.05, 0.1) is 35.1 Å². The maximum atomic E-state index is 13.4. The van der Waals surface area contributed by atoms with Crippen molar-refractivity contribution in [3.63, 3.8) is 0 Å². The SMILES string of the molecule is C[C@]12Cc3cnn(-c4ccc(F)cc4)c3C=C1CCC[C@@]2(O)CCc1ncc(-c2ccccc2)[nH]1. The lowest BCUT2D eigenvalue weighted by Crippen LogP contribution is -2.52. The Morgan fingerprint density at radius 3 is 2.69 bits per heavy atom. The highest BCUT2D eigenvalue weighted by molar-refractivity contribution is 5.62. The van der Waals surface area contributed by atoms with Gasteiger partial charge in [-0.25, -0.2) is 14.1 Å². The van der Waals surface area contributed by atoms with Crippen molar-refractivity contribution in [2.45, 2.75) is 51.0 Å². The van der Waals surface area contributed by atoms with E-state index in [1.165, 1.54) is 17.7 Å². The Morgan fingerprint density at radius 2 is 1.89 bits per heavy atom. The predicted molar refractivity (Wildman–Crippen MR) is 134 cm³/mol. The molecule has 2 atom stereocenters. The number of aryl methyl sites for hydroxylation is 1. The molecule has 2 aromatic heterocycles. The van der Waals surface area contributed by atoms with Crippen LogP contribution in [0.1, 0.15) is 49.7 Å². The van der Waals surface area contributed by atoms with E-state index in [0.29, 0.717) is 12.8 Å². The highest BCUT2D eigenvalue weighted by atomic mass is 19.1. The molecule has 2 aliphatic carbocycles. The number of fused-ring (bicyclic) bond motifs is 2. The normalized spacial score (nSPS) is 23.5. The number of hydrogen-bond acceptors (Lipinski definition) is 3. The van der Waals surface area contributed by atoms with Crippen LogP contribution in [0.4, 0.5) is 4.39 Å². The van der Waals surface area contributed by atoms with Crippen LogP contribution in [0.15, 0.2) is 72.6 Å². The summed E-state index contributed by atoms with van der Waals surface area (Å²) in [5.74, 6) is 0.642. The molecule has 2 aromatic carbocycles. The highest BCUT2D eigenvalue weighted by Gasteiger charge is 2.52. The number of nitrogens with zero attached hydrogens (tertiary/aromatic N) is 3. The second kappa shape index (κ2) is 8.31. The molecule has 1 saturated carbocycles. The van der Waals surface area contributed by atoms with E-state index in [2.05, 4.69) is 40.2 Å². The van der Waals surface area contributed by atoms with E-state index in [1.807, 2.05) is 35.3 Å². The molecule has 5 nitrogen and oxygen atoms in total. The molecule has 2 N–H and O–H groups in total. The number of aromatic nitrogens is 4. The number of H-pyrrole nitrogens is 1. The minimum absolute atomic E-state index is 0.259. The molecule has 0 aliphatic heterocycles. The van der Waals surface area contributed by atoms with Crippen molar-refractivity contribution < 1.29 is 9.50 Å². The van der Waals surface area contributed by atoms with Crippen molar-refractivity contribution in [2.75, 3.05) is 0 Å². The van der Waals surface area contributed by atoms with Crippen molar-refractivity contribution in [1.82, 2.24) is 19.7 Å². The van der Waals surface area contributed by atoms with Crippen LogP contribution in [-0.2, 0) is 12.8 Å². The minimum Gasteiger partial charge on any atom is -0.389 e. The smallest absolute Gasteiger partial charge is 0.123 e. The van der Waals surface area contributed by atoms with Crippen LogP contribution < -0.4 is 0 Å². The maximum absolute atomic E-state index is 13.4. The van der Waals surface area contributed by atoms with E-state index >= 15 is 0 Å². The zero-order valence-electron chi connectivity index (χ0n) is 19.8. The summed E-state index contributed by atoms with van der Waals surface area (Å²) in [7, 11) is 0. The van der Waals surface area contributed by atoms with Gasteiger partial charge >= 0.3 is 0 Å². The van der Waals surface area contributed by atoms with Crippen LogP contribution in [0.25, 0.3) is 23.0 Å².